The van der Waals surface area contributed by atoms with E-state index in [0.29, 0.717) is 13.0 Å². The molecule has 23 heavy (non-hydrogen) atoms. The molecule has 6 nitrogen and oxygen atoms in total. The third-order valence-corrected chi connectivity index (χ3v) is 4.26. The number of nitrogens with one attached hydrogen (secondary N) is 1. The van der Waals surface area contributed by atoms with Crippen LogP contribution in [0.4, 0.5) is 5.82 Å². The van der Waals surface area contributed by atoms with Crippen molar-refractivity contribution in [2.75, 3.05) is 18.4 Å². The molecule has 0 saturated carbocycles. The van der Waals surface area contributed by atoms with E-state index in [0.717, 1.165) is 36.6 Å². The average Bonchev–Trinajstić information content (AvgIpc) is 3.09. The third-order valence-electron chi connectivity index (χ3n) is 4.26. The van der Waals surface area contributed by atoms with Gasteiger partial charge in [-0.3, -0.25) is 4.79 Å². The number of carbonyl (C=O) groups excluding carboxylic acids is 1. The SMILES string of the molecule is CCNc1cc2c(nn1)CCN(C(=O)C[C@@H](C)n1cccc1)C2. The highest BCUT2D eigenvalue weighted by molar-refractivity contribution is 5.77. The van der Waals surface area contributed by atoms with Gasteiger partial charge in [0.05, 0.1) is 5.69 Å². The molecule has 1 N–H and O–H groups in total. The van der Waals surface area contributed by atoms with E-state index in [1.54, 1.807) is 0 Å². The summed E-state index contributed by atoms with van der Waals surface area (Å²) in [5, 5.41) is 11.6. The van der Waals surface area contributed by atoms with E-state index < -0.39 is 0 Å². The fraction of sp³-hybridized carbons (Fsp3) is 0.471. The zero-order chi connectivity index (χ0) is 16.2. The summed E-state index contributed by atoms with van der Waals surface area (Å²) >= 11 is 0. The molecule has 0 fully saturated rings. The van der Waals surface area contributed by atoms with Crippen LogP contribution in [0, 0.1) is 0 Å². The molecule has 0 radical (unpaired) electrons. The van der Waals surface area contributed by atoms with Gasteiger partial charge >= 0.3 is 0 Å². The van der Waals surface area contributed by atoms with Crippen molar-refractivity contribution < 1.29 is 4.79 Å². The van der Waals surface area contributed by atoms with E-state index in [2.05, 4.69) is 27.0 Å². The van der Waals surface area contributed by atoms with E-state index in [4.69, 9.17) is 0 Å². The van der Waals surface area contributed by atoms with Crippen molar-refractivity contribution in [2.45, 2.75) is 39.3 Å². The largest absolute Gasteiger partial charge is 0.369 e. The van der Waals surface area contributed by atoms with Gasteiger partial charge in [0.2, 0.25) is 5.91 Å². The molecule has 3 rings (SSSR count). The van der Waals surface area contributed by atoms with Gasteiger partial charge in [-0.1, -0.05) is 0 Å². The highest BCUT2D eigenvalue weighted by Gasteiger charge is 2.23. The monoisotopic (exact) mass is 313 g/mol. The van der Waals surface area contributed by atoms with Crippen molar-refractivity contribution in [3.63, 3.8) is 0 Å². The molecule has 1 aliphatic heterocycles. The fourth-order valence-corrected chi connectivity index (χ4v) is 2.94. The molecule has 0 aromatic carbocycles. The predicted octanol–water partition coefficient (Wildman–Crippen LogP) is 2.25. The van der Waals surface area contributed by atoms with Crippen molar-refractivity contribution in [3.8, 4) is 0 Å². The molecule has 2 aromatic heterocycles. The number of amides is 1. The summed E-state index contributed by atoms with van der Waals surface area (Å²) in [6, 6.07) is 6.16. The highest BCUT2D eigenvalue weighted by atomic mass is 16.2. The van der Waals surface area contributed by atoms with Crippen LogP contribution < -0.4 is 5.32 Å². The molecule has 1 atom stereocenters. The Morgan fingerprint density at radius 3 is 2.87 bits per heavy atom. The van der Waals surface area contributed by atoms with Crippen LogP contribution >= 0.6 is 0 Å². The topological polar surface area (TPSA) is 63.1 Å². The van der Waals surface area contributed by atoms with Crippen LogP contribution in [-0.2, 0) is 17.8 Å². The normalized spacial score (nSPS) is 15.1. The summed E-state index contributed by atoms with van der Waals surface area (Å²) in [4.78, 5) is 14.5. The van der Waals surface area contributed by atoms with Crippen LogP contribution in [-0.4, -0.2) is 38.7 Å². The number of nitrogens with zero attached hydrogens (tertiary/aromatic N) is 4. The van der Waals surface area contributed by atoms with Crippen LogP contribution in [0.1, 0.15) is 37.6 Å². The Balaban J connectivity index is 1.66. The maximum absolute atomic E-state index is 12.6. The van der Waals surface area contributed by atoms with E-state index in [-0.39, 0.29) is 11.9 Å². The van der Waals surface area contributed by atoms with Gasteiger partial charge in [-0.25, -0.2) is 0 Å². The Bertz CT molecular complexity index is 668. The van der Waals surface area contributed by atoms with Crippen LogP contribution in [0.15, 0.2) is 30.6 Å². The quantitative estimate of drug-likeness (QED) is 0.919. The minimum Gasteiger partial charge on any atom is -0.369 e. The Morgan fingerprint density at radius 1 is 1.35 bits per heavy atom. The zero-order valence-electron chi connectivity index (χ0n) is 13.7. The molecule has 1 aliphatic rings. The smallest absolute Gasteiger partial charge is 0.224 e. The van der Waals surface area contributed by atoms with E-state index >= 15 is 0 Å². The number of aromatic nitrogens is 3. The van der Waals surface area contributed by atoms with Gasteiger partial charge in [-0.05, 0) is 37.6 Å². The molecule has 1 amide bonds. The van der Waals surface area contributed by atoms with Crippen molar-refractivity contribution in [3.05, 3.63) is 41.9 Å². The van der Waals surface area contributed by atoms with Gasteiger partial charge in [-0.15, -0.1) is 5.10 Å². The first-order valence-corrected chi connectivity index (χ1v) is 8.17. The molecule has 0 saturated heterocycles. The molecule has 6 heteroatoms. The molecular weight excluding hydrogens is 290 g/mol. The molecule has 0 spiro atoms. The lowest BCUT2D eigenvalue weighted by Gasteiger charge is -2.29. The van der Waals surface area contributed by atoms with E-state index in [1.807, 2.05) is 42.4 Å². The number of rotatable bonds is 5. The summed E-state index contributed by atoms with van der Waals surface area (Å²) in [6.07, 6.45) is 5.30. The standard InChI is InChI=1S/C17H23N5O/c1-3-18-16-11-14-12-22(9-6-15(14)19-20-16)17(23)10-13(2)21-7-4-5-8-21/h4-5,7-8,11,13H,3,6,9-10,12H2,1-2H3,(H,18,20)/t13-/m1/s1. The predicted molar refractivity (Wildman–Crippen MR) is 89.1 cm³/mol. The second kappa shape index (κ2) is 6.81. The van der Waals surface area contributed by atoms with Crippen molar-refractivity contribution >= 4 is 11.7 Å². The average molecular weight is 313 g/mol. The van der Waals surface area contributed by atoms with Gasteiger partial charge in [0.1, 0.15) is 5.82 Å². The number of hydrogen-bond donors (Lipinski definition) is 1. The Hall–Kier alpha value is -2.37. The van der Waals surface area contributed by atoms with Crippen LogP contribution in [0.5, 0.6) is 0 Å². The molecule has 3 heterocycles. The van der Waals surface area contributed by atoms with Crippen molar-refractivity contribution in [1.82, 2.24) is 19.7 Å². The molecule has 0 aliphatic carbocycles. The van der Waals surface area contributed by atoms with Gasteiger partial charge in [-0.2, -0.15) is 5.10 Å². The van der Waals surface area contributed by atoms with Crippen LogP contribution in [0.3, 0.4) is 0 Å². The van der Waals surface area contributed by atoms with Crippen LogP contribution in [0.2, 0.25) is 0 Å². The number of hydrogen-bond acceptors (Lipinski definition) is 4. The Labute approximate surface area is 136 Å². The highest BCUT2D eigenvalue weighted by Crippen LogP contribution is 2.21. The summed E-state index contributed by atoms with van der Waals surface area (Å²) in [5.74, 6) is 0.972. The van der Waals surface area contributed by atoms with Gasteiger partial charge in [0, 0.05) is 50.9 Å². The lowest BCUT2D eigenvalue weighted by Crippen LogP contribution is -2.37. The minimum atomic E-state index is 0.173. The van der Waals surface area contributed by atoms with Gasteiger partial charge in [0.15, 0.2) is 0 Å². The first-order chi connectivity index (χ1) is 11.2. The van der Waals surface area contributed by atoms with E-state index in [1.165, 1.54) is 0 Å². The van der Waals surface area contributed by atoms with Crippen molar-refractivity contribution in [2.24, 2.45) is 0 Å². The summed E-state index contributed by atoms with van der Waals surface area (Å²) in [7, 11) is 0. The maximum Gasteiger partial charge on any atom is 0.224 e. The Morgan fingerprint density at radius 2 is 2.13 bits per heavy atom. The molecule has 0 unspecified atom stereocenters. The van der Waals surface area contributed by atoms with E-state index in [9.17, 15) is 4.79 Å². The summed E-state index contributed by atoms with van der Waals surface area (Å²) < 4.78 is 2.07. The summed E-state index contributed by atoms with van der Waals surface area (Å²) in [6.45, 7) is 6.26. The Kier molecular flexibility index (Phi) is 4.60. The third kappa shape index (κ3) is 3.52. The zero-order valence-corrected chi connectivity index (χ0v) is 13.7. The first-order valence-electron chi connectivity index (χ1n) is 8.17. The first kappa shape index (κ1) is 15.5. The fourth-order valence-electron chi connectivity index (χ4n) is 2.94. The minimum absolute atomic E-state index is 0.173. The lowest BCUT2D eigenvalue weighted by atomic mass is 10.1. The molecule has 122 valence electrons. The van der Waals surface area contributed by atoms with Crippen LogP contribution in [0.25, 0.3) is 0 Å². The molecule has 2 aromatic rings. The second-order valence-corrected chi connectivity index (χ2v) is 5.98. The van der Waals surface area contributed by atoms with Gasteiger partial charge in [0.25, 0.3) is 0 Å². The number of carbonyl (C=O) groups is 1. The molecule has 0 bridgehead atoms. The lowest BCUT2D eigenvalue weighted by molar-refractivity contribution is -0.132. The number of anilines is 1. The second-order valence-electron chi connectivity index (χ2n) is 5.98. The van der Waals surface area contributed by atoms with Crippen molar-refractivity contribution in [1.29, 1.82) is 0 Å². The summed E-state index contributed by atoms with van der Waals surface area (Å²) in [5.41, 5.74) is 2.11. The molecular formula is C17H23N5O. The number of fused-ring (bicyclic) bond motifs is 1. The van der Waals surface area contributed by atoms with Gasteiger partial charge < -0.3 is 14.8 Å². The maximum atomic E-state index is 12.6.